The fourth-order valence-corrected chi connectivity index (χ4v) is 3.30. The molecule has 1 heterocycles. The van der Waals surface area contributed by atoms with E-state index in [9.17, 15) is 4.79 Å². The highest BCUT2D eigenvalue weighted by atomic mass is 16.2. The lowest BCUT2D eigenvalue weighted by atomic mass is 9.86. The van der Waals surface area contributed by atoms with Crippen LogP contribution < -0.4 is 0 Å². The van der Waals surface area contributed by atoms with Gasteiger partial charge in [-0.3, -0.25) is 9.69 Å². The first-order valence-corrected chi connectivity index (χ1v) is 8.08. The second-order valence-electron chi connectivity index (χ2n) is 6.95. The summed E-state index contributed by atoms with van der Waals surface area (Å²) in [4.78, 5) is 16.7. The number of amides is 1. The van der Waals surface area contributed by atoms with Gasteiger partial charge in [0.05, 0.1) is 6.54 Å². The summed E-state index contributed by atoms with van der Waals surface area (Å²) in [6.07, 6.45) is 6.40. The van der Waals surface area contributed by atoms with Crippen molar-refractivity contribution in [3.8, 4) is 0 Å². The van der Waals surface area contributed by atoms with Crippen LogP contribution in [-0.2, 0) is 4.79 Å². The summed E-state index contributed by atoms with van der Waals surface area (Å²) in [5.41, 5.74) is 0. The maximum atomic E-state index is 12.2. The Labute approximate surface area is 118 Å². The van der Waals surface area contributed by atoms with Crippen LogP contribution in [0.2, 0.25) is 0 Å². The Kier molecular flexibility index (Phi) is 5.26. The van der Waals surface area contributed by atoms with Gasteiger partial charge in [-0.05, 0) is 43.9 Å². The third-order valence-electron chi connectivity index (χ3n) is 4.83. The monoisotopic (exact) mass is 266 g/mol. The average Bonchev–Trinajstić information content (AvgIpc) is 2.38. The van der Waals surface area contributed by atoms with E-state index >= 15 is 0 Å². The normalized spacial score (nSPS) is 30.1. The van der Waals surface area contributed by atoms with Crippen molar-refractivity contribution < 1.29 is 4.79 Å². The summed E-state index contributed by atoms with van der Waals surface area (Å²) in [7, 11) is 0. The highest BCUT2D eigenvalue weighted by molar-refractivity contribution is 5.79. The third-order valence-corrected chi connectivity index (χ3v) is 4.83. The molecule has 1 saturated carbocycles. The van der Waals surface area contributed by atoms with Crippen molar-refractivity contribution in [1.29, 1.82) is 0 Å². The summed E-state index contributed by atoms with van der Waals surface area (Å²) in [6.45, 7) is 10.4. The molecule has 0 N–H and O–H groups in total. The SMILES string of the molecule is CC(C)CCN1CCN(C2CCC(C)CC2)CC1=O. The van der Waals surface area contributed by atoms with Crippen molar-refractivity contribution in [3.05, 3.63) is 0 Å². The van der Waals surface area contributed by atoms with Crippen molar-refractivity contribution in [2.24, 2.45) is 11.8 Å². The summed E-state index contributed by atoms with van der Waals surface area (Å²) in [5.74, 6) is 1.93. The molecule has 0 bridgehead atoms. The Bertz CT molecular complexity index is 295. The van der Waals surface area contributed by atoms with E-state index in [1.54, 1.807) is 0 Å². The summed E-state index contributed by atoms with van der Waals surface area (Å²) >= 11 is 0. The van der Waals surface area contributed by atoms with Crippen LogP contribution in [0.1, 0.15) is 52.9 Å². The zero-order valence-electron chi connectivity index (χ0n) is 12.9. The Balaban J connectivity index is 1.78. The van der Waals surface area contributed by atoms with Gasteiger partial charge in [-0.15, -0.1) is 0 Å². The quantitative estimate of drug-likeness (QED) is 0.781. The standard InChI is InChI=1S/C16H30N2O/c1-13(2)8-9-17-10-11-18(12-16(17)19)15-6-4-14(3)5-7-15/h13-15H,4-12H2,1-3H3. The van der Waals surface area contributed by atoms with Gasteiger partial charge in [0.2, 0.25) is 5.91 Å². The molecule has 1 aliphatic heterocycles. The topological polar surface area (TPSA) is 23.6 Å². The second-order valence-corrected chi connectivity index (χ2v) is 6.95. The molecule has 0 radical (unpaired) electrons. The molecule has 0 atom stereocenters. The van der Waals surface area contributed by atoms with Gasteiger partial charge in [0, 0.05) is 25.7 Å². The molecule has 0 aromatic heterocycles. The third kappa shape index (κ3) is 4.20. The van der Waals surface area contributed by atoms with E-state index in [0.717, 1.165) is 32.0 Å². The van der Waals surface area contributed by atoms with E-state index in [1.807, 2.05) is 0 Å². The molecule has 0 spiro atoms. The molecule has 2 aliphatic rings. The minimum absolute atomic E-state index is 0.352. The fourth-order valence-electron chi connectivity index (χ4n) is 3.30. The van der Waals surface area contributed by atoms with Gasteiger partial charge in [0.25, 0.3) is 0 Å². The van der Waals surface area contributed by atoms with Gasteiger partial charge in [-0.1, -0.05) is 20.8 Å². The molecule has 2 rings (SSSR count). The van der Waals surface area contributed by atoms with Gasteiger partial charge in [-0.2, -0.15) is 0 Å². The second kappa shape index (κ2) is 6.74. The molecule has 110 valence electrons. The first-order valence-electron chi connectivity index (χ1n) is 8.08. The van der Waals surface area contributed by atoms with Crippen LogP contribution in [0, 0.1) is 11.8 Å². The van der Waals surface area contributed by atoms with Crippen LogP contribution in [0.4, 0.5) is 0 Å². The minimum atomic E-state index is 0.352. The number of carbonyl (C=O) groups is 1. The highest BCUT2D eigenvalue weighted by Crippen LogP contribution is 2.27. The van der Waals surface area contributed by atoms with Crippen molar-refractivity contribution in [3.63, 3.8) is 0 Å². The van der Waals surface area contributed by atoms with Gasteiger partial charge < -0.3 is 4.90 Å². The van der Waals surface area contributed by atoms with Gasteiger partial charge in [-0.25, -0.2) is 0 Å². The van der Waals surface area contributed by atoms with Crippen molar-refractivity contribution >= 4 is 5.91 Å². The van der Waals surface area contributed by atoms with Crippen molar-refractivity contribution in [2.45, 2.75) is 58.9 Å². The molecular formula is C16H30N2O. The molecule has 1 aliphatic carbocycles. The first-order chi connectivity index (χ1) is 9.06. The molecule has 0 unspecified atom stereocenters. The van der Waals surface area contributed by atoms with Gasteiger partial charge in [0.15, 0.2) is 0 Å². The number of piperazine rings is 1. The van der Waals surface area contributed by atoms with Crippen LogP contribution in [-0.4, -0.2) is 47.9 Å². The largest absolute Gasteiger partial charge is 0.340 e. The summed E-state index contributed by atoms with van der Waals surface area (Å²) < 4.78 is 0. The number of nitrogens with zero attached hydrogens (tertiary/aromatic N) is 2. The Morgan fingerprint density at radius 2 is 1.84 bits per heavy atom. The van der Waals surface area contributed by atoms with Crippen LogP contribution in [0.15, 0.2) is 0 Å². The molecule has 19 heavy (non-hydrogen) atoms. The van der Waals surface area contributed by atoms with Gasteiger partial charge >= 0.3 is 0 Å². The molecule has 1 amide bonds. The number of hydrogen-bond donors (Lipinski definition) is 0. The van der Waals surface area contributed by atoms with Crippen molar-refractivity contribution in [2.75, 3.05) is 26.2 Å². The summed E-state index contributed by atoms with van der Waals surface area (Å²) in [5, 5.41) is 0. The minimum Gasteiger partial charge on any atom is -0.340 e. The summed E-state index contributed by atoms with van der Waals surface area (Å²) in [6, 6.07) is 0.674. The molecule has 0 aromatic carbocycles. The maximum absolute atomic E-state index is 12.2. The number of rotatable bonds is 4. The Hall–Kier alpha value is -0.570. The first kappa shape index (κ1) is 14.8. The molecule has 3 nitrogen and oxygen atoms in total. The highest BCUT2D eigenvalue weighted by Gasteiger charge is 2.30. The van der Waals surface area contributed by atoms with Crippen LogP contribution in [0.5, 0.6) is 0 Å². The molecular weight excluding hydrogens is 236 g/mol. The van der Waals surface area contributed by atoms with E-state index in [-0.39, 0.29) is 0 Å². The van der Waals surface area contributed by atoms with Crippen LogP contribution >= 0.6 is 0 Å². The van der Waals surface area contributed by atoms with Gasteiger partial charge in [0.1, 0.15) is 0 Å². The lowest BCUT2D eigenvalue weighted by Crippen LogP contribution is -2.54. The molecule has 0 aromatic rings. The number of carbonyl (C=O) groups excluding carboxylic acids is 1. The molecule has 3 heteroatoms. The van der Waals surface area contributed by atoms with Crippen molar-refractivity contribution in [1.82, 2.24) is 9.80 Å². The predicted octanol–water partition coefficient (Wildman–Crippen LogP) is 2.76. The van der Waals surface area contributed by atoms with E-state index in [4.69, 9.17) is 0 Å². The molecule has 1 saturated heterocycles. The maximum Gasteiger partial charge on any atom is 0.236 e. The average molecular weight is 266 g/mol. The Morgan fingerprint density at radius 3 is 2.42 bits per heavy atom. The predicted molar refractivity (Wildman–Crippen MR) is 79.0 cm³/mol. The lowest BCUT2D eigenvalue weighted by molar-refractivity contribution is -0.137. The Morgan fingerprint density at radius 1 is 1.16 bits per heavy atom. The van der Waals surface area contributed by atoms with E-state index < -0.39 is 0 Å². The van der Waals surface area contributed by atoms with E-state index in [1.165, 1.54) is 25.7 Å². The van der Waals surface area contributed by atoms with E-state index in [0.29, 0.717) is 24.4 Å². The fraction of sp³-hybridized carbons (Fsp3) is 0.938. The zero-order chi connectivity index (χ0) is 13.8. The van der Waals surface area contributed by atoms with Crippen LogP contribution in [0.25, 0.3) is 0 Å². The van der Waals surface area contributed by atoms with Crippen LogP contribution in [0.3, 0.4) is 0 Å². The van der Waals surface area contributed by atoms with E-state index in [2.05, 4.69) is 30.6 Å². The lowest BCUT2D eigenvalue weighted by Gasteiger charge is -2.41. The number of hydrogen-bond acceptors (Lipinski definition) is 2. The zero-order valence-corrected chi connectivity index (χ0v) is 12.9. The smallest absolute Gasteiger partial charge is 0.236 e. The molecule has 2 fully saturated rings.